The molecule has 0 spiro atoms. The zero-order valence-electron chi connectivity index (χ0n) is 14.1. The number of piperazine rings is 1. The second kappa shape index (κ2) is 7.64. The number of halogens is 1. The van der Waals surface area contributed by atoms with E-state index < -0.39 is 0 Å². The number of rotatable bonds is 5. The molecular formula is C19H23FN2O2. The van der Waals surface area contributed by atoms with E-state index >= 15 is 0 Å². The minimum Gasteiger partial charge on any atom is -0.493 e. The lowest BCUT2D eigenvalue weighted by atomic mass is 10.0. The van der Waals surface area contributed by atoms with Gasteiger partial charge in [-0.3, -0.25) is 4.90 Å². The first-order valence-electron chi connectivity index (χ1n) is 8.12. The molecule has 3 rings (SSSR count). The van der Waals surface area contributed by atoms with Crippen LogP contribution in [0.1, 0.15) is 17.2 Å². The lowest BCUT2D eigenvalue weighted by Gasteiger charge is -2.36. The zero-order chi connectivity index (χ0) is 16.9. The first-order valence-corrected chi connectivity index (χ1v) is 8.12. The summed E-state index contributed by atoms with van der Waals surface area (Å²) < 4.78 is 24.3. The Labute approximate surface area is 142 Å². The molecule has 5 heteroatoms. The number of hydrogen-bond donors (Lipinski definition) is 1. The van der Waals surface area contributed by atoms with Crippen molar-refractivity contribution in [3.05, 3.63) is 59.4 Å². The Morgan fingerprint density at radius 3 is 2.71 bits per heavy atom. The number of benzene rings is 2. The van der Waals surface area contributed by atoms with E-state index in [1.165, 1.54) is 6.07 Å². The van der Waals surface area contributed by atoms with Gasteiger partial charge in [0.05, 0.1) is 14.2 Å². The third-order valence-electron chi connectivity index (χ3n) is 4.42. The number of hydrogen-bond acceptors (Lipinski definition) is 4. The summed E-state index contributed by atoms with van der Waals surface area (Å²) in [5.74, 6) is 1.26. The summed E-state index contributed by atoms with van der Waals surface area (Å²) >= 11 is 0. The lowest BCUT2D eigenvalue weighted by Crippen LogP contribution is -2.45. The molecule has 1 saturated heterocycles. The molecule has 0 amide bonds. The Morgan fingerprint density at radius 1 is 1.12 bits per heavy atom. The van der Waals surface area contributed by atoms with E-state index in [0.717, 1.165) is 48.8 Å². The molecule has 1 N–H and O–H groups in total. The zero-order valence-corrected chi connectivity index (χ0v) is 14.1. The van der Waals surface area contributed by atoms with Crippen molar-refractivity contribution in [2.75, 3.05) is 33.9 Å². The fourth-order valence-corrected chi connectivity index (χ4v) is 3.19. The van der Waals surface area contributed by atoms with Crippen LogP contribution in [-0.4, -0.2) is 38.8 Å². The summed E-state index contributed by atoms with van der Waals surface area (Å²) in [6.45, 7) is 3.44. The van der Waals surface area contributed by atoms with Crippen LogP contribution >= 0.6 is 0 Å². The highest BCUT2D eigenvalue weighted by Crippen LogP contribution is 2.30. The monoisotopic (exact) mass is 330 g/mol. The third-order valence-corrected chi connectivity index (χ3v) is 4.42. The average molecular weight is 330 g/mol. The van der Waals surface area contributed by atoms with Crippen molar-refractivity contribution in [3.63, 3.8) is 0 Å². The maximum atomic E-state index is 13.6. The van der Waals surface area contributed by atoms with E-state index in [-0.39, 0.29) is 11.9 Å². The molecule has 4 nitrogen and oxygen atoms in total. The maximum absolute atomic E-state index is 13.6. The molecule has 0 aromatic heterocycles. The van der Waals surface area contributed by atoms with Gasteiger partial charge in [0.15, 0.2) is 11.5 Å². The van der Waals surface area contributed by atoms with Crippen molar-refractivity contribution in [2.45, 2.75) is 12.6 Å². The van der Waals surface area contributed by atoms with Gasteiger partial charge in [0.2, 0.25) is 0 Å². The predicted octanol–water partition coefficient (Wildman–Crippen LogP) is 2.99. The van der Waals surface area contributed by atoms with Gasteiger partial charge < -0.3 is 14.8 Å². The average Bonchev–Trinajstić information content (AvgIpc) is 2.62. The summed E-state index contributed by atoms with van der Waals surface area (Å²) in [7, 11) is 3.27. The number of nitrogens with zero attached hydrogens (tertiary/aromatic N) is 1. The Hall–Kier alpha value is -2.11. The number of methoxy groups -OCH3 is 2. The van der Waals surface area contributed by atoms with Gasteiger partial charge in [-0.25, -0.2) is 4.39 Å². The van der Waals surface area contributed by atoms with Crippen molar-refractivity contribution in [3.8, 4) is 11.5 Å². The van der Waals surface area contributed by atoms with E-state index in [4.69, 9.17) is 9.47 Å². The van der Waals surface area contributed by atoms with Crippen molar-refractivity contribution < 1.29 is 13.9 Å². The Morgan fingerprint density at radius 2 is 1.96 bits per heavy atom. The van der Waals surface area contributed by atoms with Gasteiger partial charge in [0.25, 0.3) is 0 Å². The van der Waals surface area contributed by atoms with E-state index in [1.54, 1.807) is 26.4 Å². The molecule has 0 saturated carbocycles. The van der Waals surface area contributed by atoms with Gasteiger partial charge in [-0.05, 0) is 35.4 Å². The lowest BCUT2D eigenvalue weighted by molar-refractivity contribution is 0.153. The fourth-order valence-electron chi connectivity index (χ4n) is 3.19. The van der Waals surface area contributed by atoms with Crippen LogP contribution in [0.25, 0.3) is 0 Å². The number of ether oxygens (including phenoxy) is 2. The van der Waals surface area contributed by atoms with Crippen LogP contribution < -0.4 is 14.8 Å². The van der Waals surface area contributed by atoms with Crippen molar-refractivity contribution in [2.24, 2.45) is 0 Å². The summed E-state index contributed by atoms with van der Waals surface area (Å²) in [6.07, 6.45) is 0. The minimum absolute atomic E-state index is 0.155. The molecule has 2 aromatic rings. The molecule has 128 valence electrons. The summed E-state index contributed by atoms with van der Waals surface area (Å²) in [6, 6.07) is 13.0. The van der Waals surface area contributed by atoms with Crippen LogP contribution in [0.3, 0.4) is 0 Å². The van der Waals surface area contributed by atoms with Gasteiger partial charge in [0, 0.05) is 32.2 Å². The van der Waals surface area contributed by atoms with Crippen LogP contribution in [0.5, 0.6) is 11.5 Å². The first-order chi connectivity index (χ1) is 11.7. The van der Waals surface area contributed by atoms with Gasteiger partial charge >= 0.3 is 0 Å². The van der Waals surface area contributed by atoms with E-state index in [0.29, 0.717) is 0 Å². The Kier molecular flexibility index (Phi) is 5.33. The minimum atomic E-state index is -0.191. The molecular weight excluding hydrogens is 307 g/mol. The standard InChI is InChI=1S/C19H23FN2O2/c1-23-18-7-6-14(10-19(18)24-2)13-22-9-8-21-12-17(22)15-4-3-5-16(20)11-15/h3-7,10-11,17,21H,8-9,12-13H2,1-2H3. The SMILES string of the molecule is COc1ccc(CN2CCNCC2c2cccc(F)c2)cc1OC. The molecule has 0 bridgehead atoms. The number of nitrogens with one attached hydrogen (secondary N) is 1. The Bertz CT molecular complexity index is 693. The van der Waals surface area contributed by atoms with E-state index in [2.05, 4.69) is 10.2 Å². The normalized spacial score (nSPS) is 18.4. The van der Waals surface area contributed by atoms with Crippen molar-refractivity contribution in [1.29, 1.82) is 0 Å². The molecule has 1 aliphatic rings. The topological polar surface area (TPSA) is 33.7 Å². The second-order valence-electron chi connectivity index (χ2n) is 5.93. The van der Waals surface area contributed by atoms with Crippen molar-refractivity contribution in [1.82, 2.24) is 10.2 Å². The fraction of sp³-hybridized carbons (Fsp3) is 0.368. The maximum Gasteiger partial charge on any atom is 0.161 e. The van der Waals surface area contributed by atoms with Crippen LogP contribution in [-0.2, 0) is 6.54 Å². The van der Waals surface area contributed by atoms with Crippen LogP contribution in [0.4, 0.5) is 4.39 Å². The van der Waals surface area contributed by atoms with Crippen LogP contribution in [0, 0.1) is 5.82 Å². The highest BCUT2D eigenvalue weighted by atomic mass is 19.1. The van der Waals surface area contributed by atoms with E-state index in [1.807, 2.05) is 24.3 Å². The molecule has 2 aromatic carbocycles. The molecule has 24 heavy (non-hydrogen) atoms. The molecule has 0 radical (unpaired) electrons. The van der Waals surface area contributed by atoms with Gasteiger partial charge in [0.1, 0.15) is 5.82 Å². The summed E-state index contributed by atoms with van der Waals surface area (Å²) in [5, 5.41) is 3.40. The van der Waals surface area contributed by atoms with E-state index in [9.17, 15) is 4.39 Å². The molecule has 1 heterocycles. The van der Waals surface area contributed by atoms with Crippen LogP contribution in [0.15, 0.2) is 42.5 Å². The summed E-state index contributed by atoms with van der Waals surface area (Å²) in [5.41, 5.74) is 2.15. The Balaban J connectivity index is 1.81. The predicted molar refractivity (Wildman–Crippen MR) is 92.0 cm³/mol. The third kappa shape index (κ3) is 3.68. The second-order valence-corrected chi connectivity index (χ2v) is 5.93. The molecule has 0 aliphatic carbocycles. The van der Waals surface area contributed by atoms with Crippen molar-refractivity contribution >= 4 is 0 Å². The highest BCUT2D eigenvalue weighted by Gasteiger charge is 2.24. The quantitative estimate of drug-likeness (QED) is 0.914. The molecule has 1 atom stereocenters. The smallest absolute Gasteiger partial charge is 0.161 e. The molecule has 1 unspecified atom stereocenters. The highest BCUT2D eigenvalue weighted by molar-refractivity contribution is 5.43. The summed E-state index contributed by atoms with van der Waals surface area (Å²) in [4.78, 5) is 2.37. The van der Waals surface area contributed by atoms with Gasteiger partial charge in [-0.15, -0.1) is 0 Å². The van der Waals surface area contributed by atoms with Gasteiger partial charge in [-0.1, -0.05) is 18.2 Å². The molecule has 1 aliphatic heterocycles. The largest absolute Gasteiger partial charge is 0.493 e. The van der Waals surface area contributed by atoms with Gasteiger partial charge in [-0.2, -0.15) is 0 Å². The van der Waals surface area contributed by atoms with Crippen LogP contribution in [0.2, 0.25) is 0 Å². The molecule has 1 fully saturated rings. The first kappa shape index (κ1) is 16.7.